The number of aromatic nitrogens is 1. The SMILES string of the molecule is Cc1oncc1C(=O)Nc1ccc(N)cc1F. The van der Waals surface area contributed by atoms with Crippen LogP contribution < -0.4 is 11.1 Å². The van der Waals surface area contributed by atoms with Crippen LogP contribution in [0.25, 0.3) is 0 Å². The smallest absolute Gasteiger partial charge is 0.260 e. The third-order valence-electron chi connectivity index (χ3n) is 2.24. The first-order valence-electron chi connectivity index (χ1n) is 4.85. The molecule has 5 nitrogen and oxygen atoms in total. The molecule has 0 saturated heterocycles. The highest BCUT2D eigenvalue weighted by atomic mass is 19.1. The molecule has 88 valence electrons. The molecule has 17 heavy (non-hydrogen) atoms. The Kier molecular flexibility index (Phi) is 2.78. The van der Waals surface area contributed by atoms with E-state index in [2.05, 4.69) is 10.5 Å². The predicted octanol–water partition coefficient (Wildman–Crippen LogP) is 1.96. The number of nitrogens with zero attached hydrogens (tertiary/aromatic N) is 1. The van der Waals surface area contributed by atoms with E-state index in [4.69, 9.17) is 10.3 Å². The summed E-state index contributed by atoms with van der Waals surface area (Å²) in [6, 6.07) is 4.03. The number of rotatable bonds is 2. The summed E-state index contributed by atoms with van der Waals surface area (Å²) in [5.74, 6) is -0.696. The van der Waals surface area contributed by atoms with Gasteiger partial charge in [-0.05, 0) is 25.1 Å². The maximum Gasteiger partial charge on any atom is 0.260 e. The number of carbonyl (C=O) groups is 1. The average molecular weight is 235 g/mol. The average Bonchev–Trinajstić information content (AvgIpc) is 2.68. The van der Waals surface area contributed by atoms with Crippen LogP contribution in [0.1, 0.15) is 16.1 Å². The summed E-state index contributed by atoms with van der Waals surface area (Å²) in [5.41, 5.74) is 6.02. The van der Waals surface area contributed by atoms with Crippen molar-refractivity contribution >= 4 is 17.3 Å². The molecule has 0 radical (unpaired) electrons. The maximum atomic E-state index is 13.4. The highest BCUT2D eigenvalue weighted by Gasteiger charge is 2.14. The van der Waals surface area contributed by atoms with Crippen molar-refractivity contribution < 1.29 is 13.7 Å². The van der Waals surface area contributed by atoms with E-state index in [1.807, 2.05) is 0 Å². The van der Waals surface area contributed by atoms with Crippen molar-refractivity contribution in [3.63, 3.8) is 0 Å². The molecule has 0 aliphatic heterocycles. The van der Waals surface area contributed by atoms with Crippen LogP contribution in [0.3, 0.4) is 0 Å². The maximum absolute atomic E-state index is 13.4. The lowest BCUT2D eigenvalue weighted by Crippen LogP contribution is -2.13. The molecule has 6 heteroatoms. The van der Waals surface area contributed by atoms with Gasteiger partial charge in [0.15, 0.2) is 0 Å². The van der Waals surface area contributed by atoms with Crippen LogP contribution in [0, 0.1) is 12.7 Å². The summed E-state index contributed by atoms with van der Waals surface area (Å²) in [6.07, 6.45) is 1.28. The largest absolute Gasteiger partial charge is 0.399 e. The highest BCUT2D eigenvalue weighted by molar-refractivity contribution is 6.04. The van der Waals surface area contributed by atoms with E-state index in [0.717, 1.165) is 6.07 Å². The van der Waals surface area contributed by atoms with E-state index >= 15 is 0 Å². The van der Waals surface area contributed by atoms with Gasteiger partial charge in [-0.15, -0.1) is 0 Å². The molecule has 0 unspecified atom stereocenters. The van der Waals surface area contributed by atoms with Crippen molar-refractivity contribution in [1.29, 1.82) is 0 Å². The Hall–Kier alpha value is -2.37. The van der Waals surface area contributed by atoms with Crippen molar-refractivity contribution in [3.05, 3.63) is 41.5 Å². The monoisotopic (exact) mass is 235 g/mol. The molecular formula is C11H10FN3O2. The third kappa shape index (κ3) is 2.25. The fraction of sp³-hybridized carbons (Fsp3) is 0.0909. The summed E-state index contributed by atoms with van der Waals surface area (Å²) in [5, 5.41) is 5.88. The number of carbonyl (C=O) groups excluding carboxylic acids is 1. The van der Waals surface area contributed by atoms with Gasteiger partial charge in [-0.2, -0.15) is 0 Å². The van der Waals surface area contributed by atoms with Gasteiger partial charge in [-0.1, -0.05) is 5.16 Å². The molecule has 0 atom stereocenters. The second-order valence-corrected chi connectivity index (χ2v) is 3.49. The third-order valence-corrected chi connectivity index (χ3v) is 2.24. The lowest BCUT2D eigenvalue weighted by molar-refractivity contribution is 0.102. The molecule has 2 aromatic rings. The van der Waals surface area contributed by atoms with Crippen molar-refractivity contribution in [3.8, 4) is 0 Å². The Morgan fingerprint density at radius 3 is 2.88 bits per heavy atom. The Morgan fingerprint density at radius 2 is 2.29 bits per heavy atom. The number of anilines is 2. The van der Waals surface area contributed by atoms with E-state index in [0.29, 0.717) is 11.4 Å². The summed E-state index contributed by atoms with van der Waals surface area (Å²) in [4.78, 5) is 11.7. The molecule has 1 amide bonds. The van der Waals surface area contributed by atoms with Gasteiger partial charge in [0.05, 0.1) is 11.9 Å². The quantitative estimate of drug-likeness (QED) is 0.779. The van der Waals surface area contributed by atoms with Crippen LogP contribution in [-0.4, -0.2) is 11.1 Å². The first-order valence-corrected chi connectivity index (χ1v) is 4.85. The van der Waals surface area contributed by atoms with Crippen molar-refractivity contribution in [1.82, 2.24) is 5.16 Å². The summed E-state index contributed by atoms with van der Waals surface area (Å²) >= 11 is 0. The van der Waals surface area contributed by atoms with Crippen LogP contribution in [0.4, 0.5) is 15.8 Å². The number of nitrogens with two attached hydrogens (primary N) is 1. The van der Waals surface area contributed by atoms with Gasteiger partial charge in [-0.25, -0.2) is 4.39 Å². The van der Waals surface area contributed by atoms with E-state index in [-0.39, 0.29) is 11.3 Å². The van der Waals surface area contributed by atoms with E-state index in [1.54, 1.807) is 6.92 Å². The standard InChI is InChI=1S/C11H10FN3O2/c1-6-8(5-14-17-6)11(16)15-10-3-2-7(13)4-9(10)12/h2-5H,13H2,1H3,(H,15,16). The van der Waals surface area contributed by atoms with Crippen molar-refractivity contribution in [2.75, 3.05) is 11.1 Å². The van der Waals surface area contributed by atoms with E-state index in [9.17, 15) is 9.18 Å². The zero-order valence-electron chi connectivity index (χ0n) is 9.03. The lowest BCUT2D eigenvalue weighted by Gasteiger charge is -2.05. The number of benzene rings is 1. The second kappa shape index (κ2) is 4.25. The van der Waals surface area contributed by atoms with Crippen LogP contribution in [0.5, 0.6) is 0 Å². The molecule has 2 rings (SSSR count). The van der Waals surface area contributed by atoms with Gasteiger partial charge >= 0.3 is 0 Å². The minimum atomic E-state index is -0.590. The zero-order valence-corrected chi connectivity index (χ0v) is 9.03. The molecule has 0 spiro atoms. The molecule has 1 heterocycles. The topological polar surface area (TPSA) is 81.2 Å². The molecule has 0 fully saturated rings. The fourth-order valence-corrected chi connectivity index (χ4v) is 1.34. The Labute approximate surface area is 96.4 Å². The number of nitrogens with one attached hydrogen (secondary N) is 1. The fourth-order valence-electron chi connectivity index (χ4n) is 1.34. The molecule has 1 aromatic carbocycles. The van der Waals surface area contributed by atoms with Crippen LogP contribution >= 0.6 is 0 Å². The Bertz CT molecular complexity index is 566. The summed E-state index contributed by atoms with van der Waals surface area (Å²) < 4.78 is 18.2. The number of aryl methyl sites for hydroxylation is 1. The van der Waals surface area contributed by atoms with E-state index < -0.39 is 11.7 Å². The summed E-state index contributed by atoms with van der Waals surface area (Å²) in [7, 11) is 0. The molecule has 1 aromatic heterocycles. The highest BCUT2D eigenvalue weighted by Crippen LogP contribution is 2.18. The van der Waals surface area contributed by atoms with Crippen LogP contribution in [0.2, 0.25) is 0 Å². The van der Waals surface area contributed by atoms with Crippen molar-refractivity contribution in [2.24, 2.45) is 0 Å². The van der Waals surface area contributed by atoms with Crippen molar-refractivity contribution in [2.45, 2.75) is 6.92 Å². The number of hydrogen-bond acceptors (Lipinski definition) is 4. The molecular weight excluding hydrogens is 225 g/mol. The van der Waals surface area contributed by atoms with Gasteiger partial charge in [0.25, 0.3) is 5.91 Å². The Balaban J connectivity index is 2.22. The van der Waals surface area contributed by atoms with E-state index in [1.165, 1.54) is 18.3 Å². The first kappa shape index (κ1) is 11.1. The zero-order chi connectivity index (χ0) is 12.4. The number of hydrogen-bond donors (Lipinski definition) is 2. The van der Waals surface area contributed by atoms with Crippen LogP contribution in [-0.2, 0) is 0 Å². The molecule has 3 N–H and O–H groups in total. The number of halogens is 1. The Morgan fingerprint density at radius 1 is 1.53 bits per heavy atom. The van der Waals surface area contributed by atoms with Gasteiger partial charge < -0.3 is 15.6 Å². The minimum Gasteiger partial charge on any atom is -0.399 e. The molecule has 0 bridgehead atoms. The van der Waals surface area contributed by atoms with Gasteiger partial charge in [0.2, 0.25) is 0 Å². The van der Waals surface area contributed by atoms with Gasteiger partial charge in [0.1, 0.15) is 17.1 Å². The van der Waals surface area contributed by atoms with Gasteiger partial charge in [-0.3, -0.25) is 4.79 Å². The normalized spacial score (nSPS) is 10.2. The second-order valence-electron chi connectivity index (χ2n) is 3.49. The number of amides is 1. The van der Waals surface area contributed by atoms with Crippen LogP contribution in [0.15, 0.2) is 28.9 Å². The minimum absolute atomic E-state index is 0.0600. The number of nitrogen functional groups attached to an aromatic ring is 1. The van der Waals surface area contributed by atoms with Gasteiger partial charge in [0, 0.05) is 5.69 Å². The first-order chi connectivity index (χ1) is 8.08. The summed E-state index contributed by atoms with van der Waals surface area (Å²) in [6.45, 7) is 1.60. The molecule has 0 saturated carbocycles. The predicted molar refractivity (Wildman–Crippen MR) is 60.0 cm³/mol. The molecule has 0 aliphatic rings. The molecule has 0 aliphatic carbocycles. The lowest BCUT2D eigenvalue weighted by atomic mass is 10.2.